The van der Waals surface area contributed by atoms with E-state index in [0.29, 0.717) is 18.7 Å². The maximum Gasteiger partial charge on any atom is 0.270 e. The van der Waals surface area contributed by atoms with Crippen molar-refractivity contribution in [1.82, 2.24) is 9.99 Å². The van der Waals surface area contributed by atoms with Gasteiger partial charge in [-0.15, -0.1) is 0 Å². The summed E-state index contributed by atoms with van der Waals surface area (Å²) in [6.45, 7) is 2.93. The molecule has 0 radical (unpaired) electrons. The van der Waals surface area contributed by atoms with E-state index in [-0.39, 0.29) is 17.9 Å². The van der Waals surface area contributed by atoms with Gasteiger partial charge in [0.1, 0.15) is 0 Å². The quantitative estimate of drug-likeness (QED) is 0.496. The van der Waals surface area contributed by atoms with Crippen molar-refractivity contribution in [1.29, 1.82) is 0 Å². The first-order chi connectivity index (χ1) is 10.0. The highest BCUT2D eigenvalue weighted by atomic mass is 32.1. The largest absolute Gasteiger partial charge is 0.349 e. The molecule has 1 saturated heterocycles. The van der Waals surface area contributed by atoms with Crippen LogP contribution in [0, 0.1) is 0 Å². The minimum Gasteiger partial charge on any atom is -0.349 e. The molecule has 1 unspecified atom stereocenters. The molecule has 1 aromatic rings. The molecule has 0 saturated carbocycles. The van der Waals surface area contributed by atoms with Crippen LogP contribution in [-0.2, 0) is 9.09 Å². The summed E-state index contributed by atoms with van der Waals surface area (Å²) in [7, 11) is -2.74. The van der Waals surface area contributed by atoms with Gasteiger partial charge in [0.15, 0.2) is 0 Å². The second kappa shape index (κ2) is 7.45. The highest BCUT2D eigenvalue weighted by molar-refractivity contribution is 7.80. The van der Waals surface area contributed by atoms with Crippen LogP contribution in [0.25, 0.3) is 0 Å². The average Bonchev–Trinajstić information content (AvgIpc) is 2.48. The van der Waals surface area contributed by atoms with Crippen molar-refractivity contribution >= 4 is 26.1 Å². The molecule has 0 aliphatic carbocycles. The van der Waals surface area contributed by atoms with Crippen LogP contribution in [0.15, 0.2) is 30.3 Å². The van der Waals surface area contributed by atoms with Crippen molar-refractivity contribution in [2.24, 2.45) is 0 Å². The van der Waals surface area contributed by atoms with Gasteiger partial charge in [-0.1, -0.05) is 18.2 Å². The minimum absolute atomic E-state index is 0.0552. The van der Waals surface area contributed by atoms with Crippen molar-refractivity contribution in [3.05, 3.63) is 35.9 Å². The van der Waals surface area contributed by atoms with Gasteiger partial charge in [0.05, 0.1) is 5.94 Å². The Morgan fingerprint density at radius 1 is 1.38 bits per heavy atom. The van der Waals surface area contributed by atoms with E-state index in [1.54, 1.807) is 18.8 Å². The van der Waals surface area contributed by atoms with Crippen molar-refractivity contribution in [3.8, 4) is 0 Å². The molecular formula is C14H21N2O3PS. The molecule has 7 heteroatoms. The van der Waals surface area contributed by atoms with Crippen LogP contribution in [0.3, 0.4) is 0 Å². The molecule has 1 N–H and O–H groups in total. The number of carbonyl (C=O) groups excluding carboxylic acids is 1. The monoisotopic (exact) mass is 328 g/mol. The summed E-state index contributed by atoms with van der Waals surface area (Å²) in [5, 5.41) is 3.03. The van der Waals surface area contributed by atoms with Crippen LogP contribution in [0.5, 0.6) is 0 Å². The number of hydrogen-bond donors (Lipinski definition) is 2. The van der Waals surface area contributed by atoms with E-state index in [4.69, 9.17) is 4.52 Å². The van der Waals surface area contributed by atoms with E-state index in [9.17, 15) is 9.36 Å². The van der Waals surface area contributed by atoms with Crippen molar-refractivity contribution in [3.63, 3.8) is 0 Å². The molecule has 1 heterocycles. The first-order valence-electron chi connectivity index (χ1n) is 6.97. The Morgan fingerprint density at radius 3 is 2.57 bits per heavy atom. The molecule has 116 valence electrons. The summed E-state index contributed by atoms with van der Waals surface area (Å²) in [5.74, 6) is 0.0960. The number of nitrogens with zero attached hydrogens (tertiary/aromatic N) is 1. The van der Waals surface area contributed by atoms with Gasteiger partial charge < -0.3 is 9.84 Å². The summed E-state index contributed by atoms with van der Waals surface area (Å²) >= 11 is 3.96. The van der Waals surface area contributed by atoms with E-state index in [1.165, 1.54) is 0 Å². The zero-order chi connectivity index (χ0) is 15.3. The third-order valence-corrected chi connectivity index (χ3v) is 6.02. The minimum atomic E-state index is -2.74. The van der Waals surface area contributed by atoms with Crippen LogP contribution in [-0.4, -0.2) is 42.3 Å². The second-order valence-electron chi connectivity index (χ2n) is 5.13. The summed E-state index contributed by atoms with van der Waals surface area (Å²) < 4.78 is 19.4. The third-order valence-electron chi connectivity index (χ3n) is 3.65. The number of hydrogen-bond acceptors (Lipinski definition) is 4. The molecule has 0 bridgehead atoms. The van der Waals surface area contributed by atoms with Crippen molar-refractivity contribution in [2.75, 3.05) is 25.7 Å². The second-order valence-corrected chi connectivity index (χ2v) is 7.82. The first-order valence-corrected chi connectivity index (χ1v) is 9.63. The maximum atomic E-state index is 12.3. The van der Waals surface area contributed by atoms with Crippen molar-refractivity contribution < 1.29 is 13.9 Å². The molecule has 21 heavy (non-hydrogen) atoms. The van der Waals surface area contributed by atoms with Crippen molar-refractivity contribution in [2.45, 2.75) is 18.9 Å². The van der Waals surface area contributed by atoms with E-state index < -0.39 is 7.52 Å². The average molecular weight is 328 g/mol. The molecule has 1 atom stereocenters. The molecule has 1 aliphatic rings. The lowest BCUT2D eigenvalue weighted by Crippen LogP contribution is -2.43. The van der Waals surface area contributed by atoms with Crippen LogP contribution >= 0.6 is 20.1 Å². The van der Waals surface area contributed by atoms with Crippen LogP contribution in [0.4, 0.5) is 0 Å². The molecule has 5 nitrogen and oxygen atoms in total. The lowest BCUT2D eigenvalue weighted by atomic mass is 10.1. The van der Waals surface area contributed by atoms with E-state index >= 15 is 0 Å². The lowest BCUT2D eigenvalue weighted by molar-refractivity contribution is 0.0922. The summed E-state index contributed by atoms with van der Waals surface area (Å²) in [6, 6.07) is 9.29. The molecule has 0 aromatic heterocycles. The zero-order valence-corrected chi connectivity index (χ0v) is 13.9. The number of amides is 1. The van der Waals surface area contributed by atoms with Gasteiger partial charge in [-0.25, -0.2) is 4.67 Å². The van der Waals surface area contributed by atoms with Crippen LogP contribution in [0.2, 0.25) is 0 Å². The van der Waals surface area contributed by atoms with Crippen LogP contribution in [0.1, 0.15) is 23.2 Å². The normalized spacial score (nSPS) is 19.9. The fraction of sp³-hybridized carbons (Fsp3) is 0.500. The fourth-order valence-corrected chi connectivity index (χ4v) is 4.40. The lowest BCUT2D eigenvalue weighted by Gasteiger charge is -2.35. The van der Waals surface area contributed by atoms with Gasteiger partial charge in [-0.05, 0) is 25.0 Å². The number of carbonyl (C=O) groups is 1. The van der Waals surface area contributed by atoms with Gasteiger partial charge in [0.25, 0.3) is 13.4 Å². The summed E-state index contributed by atoms with van der Waals surface area (Å²) in [4.78, 5) is 12.1. The number of piperidine rings is 1. The Balaban J connectivity index is 1.85. The van der Waals surface area contributed by atoms with Gasteiger partial charge in [-0.2, -0.15) is 12.6 Å². The molecule has 0 spiro atoms. The highest BCUT2D eigenvalue weighted by Crippen LogP contribution is 2.48. The molecule has 1 amide bonds. The van der Waals surface area contributed by atoms with E-state index in [2.05, 4.69) is 17.9 Å². The summed E-state index contributed by atoms with van der Waals surface area (Å²) in [6.07, 6.45) is 1.54. The Bertz CT molecular complexity index is 518. The number of nitrogens with one attached hydrogen (secondary N) is 1. The predicted molar refractivity (Wildman–Crippen MR) is 87.0 cm³/mol. The number of thiol groups is 1. The molecule has 1 aromatic carbocycles. The summed E-state index contributed by atoms with van der Waals surface area (Å²) in [5.41, 5.74) is 0.666. The Hall–Kier alpha value is -0.810. The SMILES string of the molecule is CP(=O)(OCS)N1CCC(NC(=O)c2ccccc2)CC1. The van der Waals surface area contributed by atoms with E-state index in [1.807, 2.05) is 22.9 Å². The third kappa shape index (κ3) is 4.58. The molecular weight excluding hydrogens is 307 g/mol. The zero-order valence-electron chi connectivity index (χ0n) is 12.1. The maximum absolute atomic E-state index is 12.3. The van der Waals surface area contributed by atoms with Gasteiger partial charge in [0, 0.05) is 31.4 Å². The smallest absolute Gasteiger partial charge is 0.270 e. The highest BCUT2D eigenvalue weighted by Gasteiger charge is 2.30. The first kappa shape index (κ1) is 16.6. The van der Waals surface area contributed by atoms with Gasteiger partial charge >= 0.3 is 0 Å². The fourth-order valence-electron chi connectivity index (χ4n) is 2.42. The number of rotatable bonds is 5. The number of benzene rings is 1. The predicted octanol–water partition coefficient (Wildman–Crippen LogP) is 2.61. The van der Waals surface area contributed by atoms with Crippen LogP contribution < -0.4 is 5.32 Å². The topological polar surface area (TPSA) is 58.6 Å². The Labute approximate surface area is 131 Å². The van der Waals surface area contributed by atoms with Gasteiger partial charge in [0.2, 0.25) is 0 Å². The molecule has 1 fully saturated rings. The Kier molecular flexibility index (Phi) is 5.88. The van der Waals surface area contributed by atoms with E-state index in [0.717, 1.165) is 12.8 Å². The standard InChI is InChI=1S/C14H21N2O3PS/c1-20(18,19-11-21)16-9-7-13(8-10-16)15-14(17)12-5-3-2-4-6-12/h2-6,13,21H,7-11H2,1H3,(H,15,17). The molecule has 1 aliphatic heterocycles. The Morgan fingerprint density at radius 2 is 2.00 bits per heavy atom. The molecule has 2 rings (SSSR count). The van der Waals surface area contributed by atoms with Gasteiger partial charge in [-0.3, -0.25) is 9.36 Å².